The lowest BCUT2D eigenvalue weighted by molar-refractivity contribution is -0.123. The lowest BCUT2D eigenvalue weighted by Gasteiger charge is -2.17. The molecule has 7 heteroatoms. The van der Waals surface area contributed by atoms with Crippen LogP contribution in [0, 0.1) is 0 Å². The number of nitrogens with one attached hydrogen (secondary N) is 1. The Morgan fingerprint density at radius 1 is 1.35 bits per heavy atom. The molecule has 5 nitrogen and oxygen atoms in total. The number of carbonyl (C=O) groups is 1. The van der Waals surface area contributed by atoms with Gasteiger partial charge in [-0.3, -0.25) is 4.79 Å². The van der Waals surface area contributed by atoms with Crippen molar-refractivity contribution in [2.24, 2.45) is 5.73 Å². The second-order valence-corrected chi connectivity index (χ2v) is 7.50. The standard InChI is InChI=1S/C13H19ClN2O3S/c1-9(10-3-5-11(14)6-4-10)16-13(17)12(15)7-8-20(2,18)19/h3-6,9,12H,7-8,15H2,1-2H3,(H,16,17)/t9-,12?/m1/s1. The van der Waals surface area contributed by atoms with Gasteiger partial charge in [-0.2, -0.15) is 0 Å². The SMILES string of the molecule is C[C@@H](NC(=O)C(N)CCS(C)(=O)=O)c1ccc(Cl)cc1. The molecular formula is C13H19ClN2O3S. The molecule has 0 spiro atoms. The van der Waals surface area contributed by atoms with E-state index in [1.165, 1.54) is 0 Å². The van der Waals surface area contributed by atoms with Gasteiger partial charge in [0.25, 0.3) is 0 Å². The molecule has 0 aliphatic carbocycles. The third kappa shape index (κ3) is 5.90. The minimum absolute atomic E-state index is 0.100. The van der Waals surface area contributed by atoms with Gasteiger partial charge in [-0.15, -0.1) is 0 Å². The number of carbonyl (C=O) groups excluding carboxylic acids is 1. The third-order valence-corrected chi connectivity index (χ3v) is 4.09. The van der Waals surface area contributed by atoms with Crippen molar-refractivity contribution >= 4 is 27.3 Å². The van der Waals surface area contributed by atoms with Gasteiger partial charge in [0, 0.05) is 11.3 Å². The molecule has 20 heavy (non-hydrogen) atoms. The third-order valence-electron chi connectivity index (χ3n) is 2.87. The minimum Gasteiger partial charge on any atom is -0.348 e. The van der Waals surface area contributed by atoms with Gasteiger partial charge in [0.1, 0.15) is 9.84 Å². The molecule has 0 aliphatic heterocycles. The summed E-state index contributed by atoms with van der Waals surface area (Å²) in [6.45, 7) is 1.82. The van der Waals surface area contributed by atoms with Gasteiger partial charge in [0.2, 0.25) is 5.91 Å². The Labute approximate surface area is 124 Å². The predicted octanol–water partition coefficient (Wildman–Crippen LogP) is 1.28. The highest BCUT2D eigenvalue weighted by Crippen LogP contribution is 2.16. The molecule has 2 atom stereocenters. The van der Waals surface area contributed by atoms with Crippen molar-refractivity contribution in [3.8, 4) is 0 Å². The molecule has 0 radical (unpaired) electrons. The van der Waals surface area contributed by atoms with E-state index in [-0.39, 0.29) is 24.1 Å². The van der Waals surface area contributed by atoms with Crippen LogP contribution >= 0.6 is 11.6 Å². The fraction of sp³-hybridized carbons (Fsp3) is 0.462. The van der Waals surface area contributed by atoms with Crippen molar-refractivity contribution in [3.63, 3.8) is 0 Å². The van der Waals surface area contributed by atoms with E-state index in [0.717, 1.165) is 11.8 Å². The number of halogens is 1. The van der Waals surface area contributed by atoms with Gasteiger partial charge in [-0.05, 0) is 31.0 Å². The first-order valence-electron chi connectivity index (χ1n) is 6.18. The van der Waals surface area contributed by atoms with Crippen molar-refractivity contribution in [2.45, 2.75) is 25.4 Å². The molecule has 0 bridgehead atoms. The first-order chi connectivity index (χ1) is 9.19. The molecule has 1 aromatic rings. The molecule has 1 amide bonds. The van der Waals surface area contributed by atoms with Crippen molar-refractivity contribution in [3.05, 3.63) is 34.9 Å². The molecule has 0 aromatic heterocycles. The van der Waals surface area contributed by atoms with E-state index in [2.05, 4.69) is 5.32 Å². The summed E-state index contributed by atoms with van der Waals surface area (Å²) in [6.07, 6.45) is 1.23. The summed E-state index contributed by atoms with van der Waals surface area (Å²) in [7, 11) is -3.11. The highest BCUT2D eigenvalue weighted by atomic mass is 35.5. The Morgan fingerprint density at radius 2 is 1.90 bits per heavy atom. The lowest BCUT2D eigenvalue weighted by atomic mass is 10.1. The van der Waals surface area contributed by atoms with Crippen LogP contribution in [0.25, 0.3) is 0 Å². The second-order valence-electron chi connectivity index (χ2n) is 4.81. The van der Waals surface area contributed by atoms with Crippen LogP contribution in [0.3, 0.4) is 0 Å². The molecule has 0 saturated heterocycles. The maximum absolute atomic E-state index is 11.9. The summed E-state index contributed by atoms with van der Waals surface area (Å²) in [5.41, 5.74) is 6.58. The van der Waals surface area contributed by atoms with Crippen LogP contribution in [0.2, 0.25) is 5.02 Å². The smallest absolute Gasteiger partial charge is 0.237 e. The normalized spacial score (nSPS) is 14.6. The van der Waals surface area contributed by atoms with E-state index in [1.807, 2.05) is 19.1 Å². The number of hydrogen-bond acceptors (Lipinski definition) is 4. The molecule has 1 rings (SSSR count). The first kappa shape index (κ1) is 16.9. The van der Waals surface area contributed by atoms with E-state index in [9.17, 15) is 13.2 Å². The second kappa shape index (κ2) is 7.06. The molecular weight excluding hydrogens is 300 g/mol. The lowest BCUT2D eigenvalue weighted by Crippen LogP contribution is -2.42. The average Bonchev–Trinajstić information content (AvgIpc) is 2.35. The monoisotopic (exact) mass is 318 g/mol. The fourth-order valence-electron chi connectivity index (χ4n) is 1.63. The summed E-state index contributed by atoms with van der Waals surface area (Å²) >= 11 is 5.79. The van der Waals surface area contributed by atoms with Gasteiger partial charge in [0.15, 0.2) is 0 Å². The van der Waals surface area contributed by atoms with E-state index in [0.29, 0.717) is 5.02 Å². The Kier molecular flexibility index (Phi) is 5.98. The Balaban J connectivity index is 2.54. The largest absolute Gasteiger partial charge is 0.348 e. The molecule has 112 valence electrons. The molecule has 0 saturated carbocycles. The van der Waals surface area contributed by atoms with Gasteiger partial charge in [0.05, 0.1) is 17.8 Å². The molecule has 0 fully saturated rings. The number of rotatable bonds is 6. The van der Waals surface area contributed by atoms with Crippen molar-refractivity contribution < 1.29 is 13.2 Å². The summed E-state index contributed by atoms with van der Waals surface area (Å²) in [4.78, 5) is 11.9. The van der Waals surface area contributed by atoms with Gasteiger partial charge in [-0.1, -0.05) is 23.7 Å². The van der Waals surface area contributed by atoms with Crippen molar-refractivity contribution in [1.82, 2.24) is 5.32 Å². The number of hydrogen-bond donors (Lipinski definition) is 2. The Bertz CT molecular complexity index is 557. The highest BCUT2D eigenvalue weighted by Gasteiger charge is 2.18. The zero-order valence-electron chi connectivity index (χ0n) is 11.5. The average molecular weight is 319 g/mol. The first-order valence-corrected chi connectivity index (χ1v) is 8.62. The summed E-state index contributed by atoms with van der Waals surface area (Å²) in [5, 5.41) is 3.37. The predicted molar refractivity (Wildman–Crippen MR) is 80.3 cm³/mol. The number of benzene rings is 1. The summed E-state index contributed by atoms with van der Waals surface area (Å²) in [6, 6.07) is 6.06. The zero-order chi connectivity index (χ0) is 15.3. The molecule has 0 heterocycles. The maximum Gasteiger partial charge on any atom is 0.237 e. The quantitative estimate of drug-likeness (QED) is 0.827. The van der Waals surface area contributed by atoms with Gasteiger partial charge in [-0.25, -0.2) is 8.42 Å². The van der Waals surface area contributed by atoms with E-state index >= 15 is 0 Å². The maximum atomic E-state index is 11.9. The molecule has 0 aliphatic rings. The van der Waals surface area contributed by atoms with E-state index in [4.69, 9.17) is 17.3 Å². The van der Waals surface area contributed by atoms with Crippen LogP contribution in [-0.4, -0.2) is 32.4 Å². The van der Waals surface area contributed by atoms with Crippen LogP contribution in [0.5, 0.6) is 0 Å². The van der Waals surface area contributed by atoms with Crippen LogP contribution < -0.4 is 11.1 Å². The summed E-state index contributed by atoms with van der Waals surface area (Å²) < 4.78 is 22.1. The van der Waals surface area contributed by atoms with Gasteiger partial charge < -0.3 is 11.1 Å². The van der Waals surface area contributed by atoms with Crippen LogP contribution in [0.4, 0.5) is 0 Å². The number of nitrogens with two attached hydrogens (primary N) is 1. The summed E-state index contributed by atoms with van der Waals surface area (Å²) in [5.74, 6) is -0.465. The van der Waals surface area contributed by atoms with Crippen LogP contribution in [0.15, 0.2) is 24.3 Å². The van der Waals surface area contributed by atoms with E-state index < -0.39 is 15.9 Å². The van der Waals surface area contributed by atoms with Gasteiger partial charge >= 0.3 is 0 Å². The Morgan fingerprint density at radius 3 is 2.40 bits per heavy atom. The molecule has 1 unspecified atom stereocenters. The fourth-order valence-corrected chi connectivity index (χ4v) is 2.44. The van der Waals surface area contributed by atoms with Crippen molar-refractivity contribution in [1.29, 1.82) is 0 Å². The van der Waals surface area contributed by atoms with Crippen LogP contribution in [0.1, 0.15) is 24.9 Å². The molecule has 1 aromatic carbocycles. The zero-order valence-corrected chi connectivity index (χ0v) is 13.0. The number of amides is 1. The minimum atomic E-state index is -3.11. The number of sulfone groups is 1. The van der Waals surface area contributed by atoms with Crippen LogP contribution in [-0.2, 0) is 14.6 Å². The Hall–Kier alpha value is -1.11. The molecule has 3 N–H and O–H groups in total. The van der Waals surface area contributed by atoms with E-state index in [1.54, 1.807) is 12.1 Å². The highest BCUT2D eigenvalue weighted by molar-refractivity contribution is 7.90. The topological polar surface area (TPSA) is 89.3 Å². The van der Waals surface area contributed by atoms with Crippen molar-refractivity contribution in [2.75, 3.05) is 12.0 Å².